The number of hydrogen-bond donors (Lipinski definition) is 1. The van der Waals surface area contributed by atoms with Crippen molar-refractivity contribution in [3.8, 4) is 0 Å². The van der Waals surface area contributed by atoms with Gasteiger partial charge in [-0.05, 0) is 53.6 Å². The molecule has 2 aromatic carbocycles. The van der Waals surface area contributed by atoms with Crippen molar-refractivity contribution in [1.29, 1.82) is 0 Å². The smallest absolute Gasteiger partial charge is 0.253 e. The third-order valence-corrected chi connectivity index (χ3v) is 8.53. The van der Waals surface area contributed by atoms with Crippen LogP contribution in [0.4, 0.5) is 0 Å². The molecule has 0 bridgehead atoms. The summed E-state index contributed by atoms with van der Waals surface area (Å²) in [4.78, 5) is 15.0. The van der Waals surface area contributed by atoms with E-state index in [0.29, 0.717) is 23.0 Å². The Bertz CT molecular complexity index is 766. The molecule has 0 unspecified atom stereocenters. The number of amides is 1. The zero-order chi connectivity index (χ0) is 18.6. The minimum Gasteiger partial charge on any atom is -0.338 e. The molecule has 28 heavy (non-hydrogen) atoms. The molecule has 3 nitrogen and oxygen atoms in total. The number of benzene rings is 2. The quantitative estimate of drug-likeness (QED) is 0.751. The number of carbonyl (C=O) groups is 1. The molecule has 2 fully saturated rings. The van der Waals surface area contributed by atoms with Gasteiger partial charge in [0.1, 0.15) is 0 Å². The Morgan fingerprint density at radius 3 is 2.29 bits per heavy atom. The predicted octanol–water partition coefficient (Wildman–Crippen LogP) is 4.79. The highest BCUT2D eigenvalue weighted by atomic mass is 35.5. The van der Waals surface area contributed by atoms with Gasteiger partial charge in [-0.2, -0.15) is 0 Å². The van der Waals surface area contributed by atoms with Gasteiger partial charge in [-0.3, -0.25) is 4.79 Å². The van der Waals surface area contributed by atoms with E-state index < -0.39 is 0 Å². The summed E-state index contributed by atoms with van der Waals surface area (Å²) in [5, 5.41) is 0. The first-order valence-corrected chi connectivity index (χ1v) is 11.7. The van der Waals surface area contributed by atoms with Crippen molar-refractivity contribution in [1.82, 2.24) is 4.90 Å². The average molecular weight is 435 g/mol. The molecule has 0 saturated carbocycles. The summed E-state index contributed by atoms with van der Waals surface area (Å²) in [6.07, 6.45) is 1.29. The van der Waals surface area contributed by atoms with Gasteiger partial charge in [0.05, 0.1) is 4.58 Å². The lowest BCUT2D eigenvalue weighted by molar-refractivity contribution is 0.0786. The van der Waals surface area contributed by atoms with E-state index in [1.807, 2.05) is 46.6 Å². The molecule has 2 aliphatic heterocycles. The van der Waals surface area contributed by atoms with Gasteiger partial charge in [0, 0.05) is 24.6 Å². The largest absolute Gasteiger partial charge is 0.338 e. The Kier molecular flexibility index (Phi) is 7.75. The molecule has 150 valence electrons. The van der Waals surface area contributed by atoms with E-state index in [4.69, 9.17) is 5.73 Å². The van der Waals surface area contributed by atoms with Crippen LogP contribution in [0.5, 0.6) is 0 Å². The van der Waals surface area contributed by atoms with Crippen LogP contribution in [-0.4, -0.2) is 41.9 Å². The lowest BCUT2D eigenvalue weighted by Gasteiger charge is -2.22. The maximum atomic E-state index is 13.0. The molecule has 2 N–H and O–H groups in total. The zero-order valence-electron chi connectivity index (χ0n) is 15.8. The molecular weight excluding hydrogens is 408 g/mol. The fourth-order valence-electron chi connectivity index (χ4n) is 4.00. The number of carbonyl (C=O) groups excluding carboxylic acids is 1. The molecular formula is C22H27ClN2OS2. The van der Waals surface area contributed by atoms with Crippen LogP contribution in [0.1, 0.15) is 38.4 Å². The molecule has 0 radical (unpaired) electrons. The van der Waals surface area contributed by atoms with Crippen LogP contribution in [0.3, 0.4) is 0 Å². The van der Waals surface area contributed by atoms with E-state index in [2.05, 4.69) is 36.4 Å². The van der Waals surface area contributed by atoms with Crippen molar-refractivity contribution >= 4 is 41.8 Å². The highest BCUT2D eigenvalue weighted by molar-refractivity contribution is 8.16. The summed E-state index contributed by atoms with van der Waals surface area (Å²) in [6.45, 7) is 2.10. The second-order valence-corrected chi connectivity index (χ2v) is 10.00. The van der Waals surface area contributed by atoms with Crippen molar-refractivity contribution in [2.75, 3.05) is 31.1 Å². The van der Waals surface area contributed by atoms with Gasteiger partial charge in [-0.25, -0.2) is 0 Å². The van der Waals surface area contributed by atoms with Crippen molar-refractivity contribution in [3.05, 3.63) is 71.3 Å². The summed E-state index contributed by atoms with van der Waals surface area (Å²) in [5.74, 6) is 3.24. The second kappa shape index (κ2) is 10.1. The zero-order valence-corrected chi connectivity index (χ0v) is 18.3. The number of rotatable bonds is 4. The molecule has 2 atom stereocenters. The molecule has 0 spiro atoms. The lowest BCUT2D eigenvalue weighted by atomic mass is 9.89. The Labute approximate surface area is 182 Å². The van der Waals surface area contributed by atoms with Gasteiger partial charge in [-0.1, -0.05) is 42.5 Å². The van der Waals surface area contributed by atoms with Crippen LogP contribution in [0.15, 0.2) is 54.6 Å². The van der Waals surface area contributed by atoms with Crippen LogP contribution in [-0.2, 0) is 0 Å². The Hall–Kier alpha value is -1.14. The molecule has 0 aromatic heterocycles. The first-order chi connectivity index (χ1) is 13.3. The van der Waals surface area contributed by atoms with Gasteiger partial charge >= 0.3 is 0 Å². The highest BCUT2D eigenvalue weighted by Crippen LogP contribution is 2.43. The van der Waals surface area contributed by atoms with Crippen LogP contribution < -0.4 is 5.73 Å². The summed E-state index contributed by atoms with van der Waals surface area (Å²) >= 11 is 4.02. The first-order valence-electron chi connectivity index (χ1n) is 9.63. The summed E-state index contributed by atoms with van der Waals surface area (Å²) < 4.78 is 0.513. The van der Waals surface area contributed by atoms with Crippen molar-refractivity contribution < 1.29 is 4.79 Å². The average Bonchev–Trinajstić information content (AvgIpc) is 3.19. The van der Waals surface area contributed by atoms with Crippen LogP contribution >= 0.6 is 35.9 Å². The van der Waals surface area contributed by atoms with E-state index in [9.17, 15) is 4.79 Å². The van der Waals surface area contributed by atoms with Gasteiger partial charge in [0.15, 0.2) is 0 Å². The van der Waals surface area contributed by atoms with Crippen molar-refractivity contribution in [2.24, 2.45) is 11.7 Å². The highest BCUT2D eigenvalue weighted by Gasteiger charge is 2.35. The van der Waals surface area contributed by atoms with E-state index in [-0.39, 0.29) is 18.3 Å². The number of likely N-dealkylation sites (tertiary alicyclic amines) is 1. The molecule has 2 saturated heterocycles. The first kappa shape index (κ1) is 21.6. The second-order valence-electron chi connectivity index (χ2n) is 7.27. The van der Waals surface area contributed by atoms with Gasteiger partial charge in [0.25, 0.3) is 5.91 Å². The molecule has 2 aromatic rings. The maximum absolute atomic E-state index is 13.0. The molecule has 1 amide bonds. The molecule has 6 heteroatoms. The van der Waals surface area contributed by atoms with Crippen LogP contribution in [0, 0.1) is 5.92 Å². The summed E-state index contributed by atoms with van der Waals surface area (Å²) in [7, 11) is 0. The number of halogens is 1. The van der Waals surface area contributed by atoms with E-state index in [1.165, 1.54) is 29.1 Å². The third-order valence-electron chi connectivity index (χ3n) is 5.52. The number of nitrogens with two attached hydrogens (primary N) is 1. The van der Waals surface area contributed by atoms with E-state index >= 15 is 0 Å². The minimum absolute atomic E-state index is 0. The Morgan fingerprint density at radius 2 is 1.64 bits per heavy atom. The number of nitrogens with zero attached hydrogens (tertiary/aromatic N) is 1. The monoisotopic (exact) mass is 434 g/mol. The van der Waals surface area contributed by atoms with Crippen molar-refractivity contribution in [3.63, 3.8) is 0 Å². The van der Waals surface area contributed by atoms with Gasteiger partial charge in [0.2, 0.25) is 0 Å². The standard InChI is InChI=1S/C22H26N2OS2.ClH/c23-13-19-14-24(15-20(19)16-5-2-1-3-6-16)21(25)17-7-9-18(10-8-17)22-26-11-4-12-27-22;/h1-3,5-10,19-20,22H,4,11-15,23H2;1H/t19-,20+;/m1./s1. The van der Waals surface area contributed by atoms with Crippen LogP contribution in [0.2, 0.25) is 0 Å². The van der Waals surface area contributed by atoms with Gasteiger partial charge in [-0.15, -0.1) is 35.9 Å². The Morgan fingerprint density at radius 1 is 0.964 bits per heavy atom. The molecule has 2 heterocycles. The fourth-order valence-corrected chi connectivity index (χ4v) is 6.89. The van der Waals surface area contributed by atoms with Crippen molar-refractivity contribution in [2.45, 2.75) is 16.9 Å². The fraction of sp³-hybridized carbons (Fsp3) is 0.409. The van der Waals surface area contributed by atoms with Gasteiger partial charge < -0.3 is 10.6 Å². The maximum Gasteiger partial charge on any atom is 0.253 e. The summed E-state index contributed by atoms with van der Waals surface area (Å²) in [6, 6.07) is 18.7. The molecule has 2 aliphatic rings. The number of hydrogen-bond acceptors (Lipinski definition) is 4. The Balaban J connectivity index is 0.00000225. The predicted molar refractivity (Wildman–Crippen MR) is 124 cm³/mol. The molecule has 4 rings (SSSR count). The number of thioether (sulfide) groups is 2. The van der Waals surface area contributed by atoms with E-state index in [1.54, 1.807) is 0 Å². The van der Waals surface area contributed by atoms with Crippen LogP contribution in [0.25, 0.3) is 0 Å². The lowest BCUT2D eigenvalue weighted by Crippen LogP contribution is -2.29. The third kappa shape index (κ3) is 4.70. The van der Waals surface area contributed by atoms with E-state index in [0.717, 1.165) is 18.7 Å². The summed E-state index contributed by atoms with van der Waals surface area (Å²) in [5.41, 5.74) is 9.41. The topological polar surface area (TPSA) is 46.3 Å². The normalized spacial score (nSPS) is 22.7. The minimum atomic E-state index is 0. The molecule has 0 aliphatic carbocycles. The SMILES string of the molecule is Cl.NC[C@@H]1CN(C(=O)c2ccc(C3SCCCS3)cc2)C[C@H]1c1ccccc1.